The molecule has 1 heterocycles. The molecule has 0 atom stereocenters. The third kappa shape index (κ3) is 5.21. The number of benzene rings is 3. The largest absolute Gasteiger partial charge is 0.451 e. The molecule has 4 rings (SSSR count). The summed E-state index contributed by atoms with van der Waals surface area (Å²) in [6.45, 7) is 3.48. The zero-order valence-electron chi connectivity index (χ0n) is 17.9. The van der Waals surface area contributed by atoms with E-state index in [4.69, 9.17) is 16.3 Å². The van der Waals surface area contributed by atoms with Crippen LogP contribution in [0, 0.1) is 13.8 Å². The number of aromatic nitrogens is 3. The Morgan fingerprint density at radius 3 is 2.52 bits per heavy atom. The summed E-state index contributed by atoms with van der Waals surface area (Å²) in [7, 11) is 0. The molecule has 0 saturated heterocycles. The summed E-state index contributed by atoms with van der Waals surface area (Å²) in [6.07, 6.45) is 0. The van der Waals surface area contributed by atoms with Gasteiger partial charge < -0.3 is 4.74 Å². The fourth-order valence-electron chi connectivity index (χ4n) is 3.26. The van der Waals surface area contributed by atoms with E-state index >= 15 is 0 Å². The molecule has 0 fully saturated rings. The second-order valence-corrected chi connectivity index (χ2v) is 8.83. The third-order valence-electron chi connectivity index (χ3n) is 4.97. The Morgan fingerprint density at radius 1 is 1.03 bits per heavy atom. The van der Waals surface area contributed by atoms with Crippen LogP contribution in [0.5, 0.6) is 0 Å². The fourth-order valence-corrected chi connectivity index (χ4v) is 3.69. The van der Waals surface area contributed by atoms with Gasteiger partial charge in [-0.3, -0.25) is 4.79 Å². The highest BCUT2D eigenvalue weighted by molar-refractivity contribution is 9.10. The van der Waals surface area contributed by atoms with E-state index in [9.17, 15) is 9.59 Å². The molecule has 1 aromatic heterocycles. The normalized spacial score (nSPS) is 10.8. The lowest BCUT2D eigenvalue weighted by Gasteiger charge is -2.10. The van der Waals surface area contributed by atoms with E-state index in [-0.39, 0.29) is 11.6 Å². The number of ether oxygens (including phenoxy) is 1. The lowest BCUT2D eigenvalue weighted by molar-refractivity contribution is 0.0462. The Hall–Kier alpha value is -3.29. The van der Waals surface area contributed by atoms with Crippen LogP contribution in [0.1, 0.15) is 32.1 Å². The Kier molecular flexibility index (Phi) is 6.72. The van der Waals surface area contributed by atoms with Crippen LogP contribution >= 0.6 is 27.5 Å². The van der Waals surface area contributed by atoms with Gasteiger partial charge in [-0.1, -0.05) is 69.5 Å². The van der Waals surface area contributed by atoms with Crippen molar-refractivity contribution in [1.82, 2.24) is 14.8 Å². The number of carbonyl (C=O) groups excluding carboxylic acids is 2. The highest BCUT2D eigenvalue weighted by Gasteiger charge is 2.22. The summed E-state index contributed by atoms with van der Waals surface area (Å²) in [6, 6.07) is 19.9. The quantitative estimate of drug-likeness (QED) is 0.228. The Morgan fingerprint density at radius 2 is 1.79 bits per heavy atom. The molecule has 0 aliphatic heterocycles. The molecule has 33 heavy (non-hydrogen) atoms. The first-order valence-electron chi connectivity index (χ1n) is 10.1. The van der Waals surface area contributed by atoms with Crippen molar-refractivity contribution in [2.24, 2.45) is 0 Å². The van der Waals surface area contributed by atoms with Crippen molar-refractivity contribution in [3.8, 4) is 17.1 Å². The maximum absolute atomic E-state index is 12.7. The van der Waals surface area contributed by atoms with Gasteiger partial charge >= 0.3 is 5.97 Å². The van der Waals surface area contributed by atoms with E-state index in [2.05, 4.69) is 26.0 Å². The van der Waals surface area contributed by atoms with Crippen LogP contribution in [0.15, 0.2) is 71.2 Å². The Bertz CT molecular complexity index is 1350. The van der Waals surface area contributed by atoms with Crippen LogP contribution in [0.2, 0.25) is 5.02 Å². The van der Waals surface area contributed by atoms with Crippen molar-refractivity contribution in [2.75, 3.05) is 6.61 Å². The van der Waals surface area contributed by atoms with Gasteiger partial charge in [0.1, 0.15) is 0 Å². The lowest BCUT2D eigenvalue weighted by Crippen LogP contribution is -2.15. The summed E-state index contributed by atoms with van der Waals surface area (Å²) in [5.74, 6) is -0.780. The minimum absolute atomic E-state index is 0.144. The molecule has 0 bridgehead atoms. The van der Waals surface area contributed by atoms with Gasteiger partial charge in [0.15, 0.2) is 18.2 Å². The zero-order valence-corrected chi connectivity index (χ0v) is 20.2. The average molecular weight is 525 g/mol. The van der Waals surface area contributed by atoms with Crippen LogP contribution in [-0.4, -0.2) is 33.1 Å². The summed E-state index contributed by atoms with van der Waals surface area (Å²) in [5.41, 5.74) is 3.86. The maximum Gasteiger partial charge on any atom is 0.378 e. The summed E-state index contributed by atoms with van der Waals surface area (Å²) < 4.78 is 7.65. The summed E-state index contributed by atoms with van der Waals surface area (Å²) in [5, 5.41) is 4.94. The third-order valence-corrected chi connectivity index (χ3v) is 5.73. The monoisotopic (exact) mass is 523 g/mol. The molecule has 0 unspecified atom stereocenters. The van der Waals surface area contributed by atoms with E-state index < -0.39 is 12.6 Å². The van der Waals surface area contributed by atoms with E-state index in [0.29, 0.717) is 22.1 Å². The minimum Gasteiger partial charge on any atom is -0.451 e. The molecule has 0 aliphatic rings. The van der Waals surface area contributed by atoms with Gasteiger partial charge in [0, 0.05) is 20.6 Å². The van der Waals surface area contributed by atoms with Gasteiger partial charge in [0.05, 0.1) is 5.69 Å². The first kappa shape index (κ1) is 22.9. The predicted molar refractivity (Wildman–Crippen MR) is 130 cm³/mol. The van der Waals surface area contributed by atoms with Crippen LogP contribution in [-0.2, 0) is 4.74 Å². The van der Waals surface area contributed by atoms with Crippen LogP contribution < -0.4 is 0 Å². The second kappa shape index (κ2) is 9.68. The van der Waals surface area contributed by atoms with Gasteiger partial charge in [-0.05, 0) is 49.7 Å². The maximum atomic E-state index is 12.7. The van der Waals surface area contributed by atoms with E-state index in [1.807, 2.05) is 44.2 Å². The first-order valence-corrected chi connectivity index (χ1v) is 11.3. The number of nitrogens with zero attached hydrogens (tertiary/aromatic N) is 3. The smallest absolute Gasteiger partial charge is 0.378 e. The fraction of sp³-hybridized carbons (Fsp3) is 0.120. The number of ketones is 1. The highest BCUT2D eigenvalue weighted by Crippen LogP contribution is 2.26. The molecule has 0 aliphatic carbocycles. The number of esters is 1. The van der Waals surface area contributed by atoms with E-state index in [0.717, 1.165) is 21.2 Å². The average Bonchev–Trinajstić information content (AvgIpc) is 3.25. The van der Waals surface area contributed by atoms with Gasteiger partial charge in [-0.2, -0.15) is 0 Å². The van der Waals surface area contributed by atoms with Crippen LogP contribution in [0.3, 0.4) is 0 Å². The number of carbonyl (C=O) groups is 2. The zero-order chi connectivity index (χ0) is 23.5. The lowest BCUT2D eigenvalue weighted by atomic mass is 10.1. The molecule has 0 spiro atoms. The molecular formula is C25H19BrClN3O3. The number of rotatable bonds is 6. The molecule has 4 aromatic rings. The summed E-state index contributed by atoms with van der Waals surface area (Å²) >= 11 is 9.54. The van der Waals surface area contributed by atoms with E-state index in [1.165, 1.54) is 0 Å². The number of Topliss-reactive ketones (excluding diaryl/α,β-unsaturated/α-hetero) is 1. The molecule has 0 radical (unpaired) electrons. The number of halogens is 2. The number of hydrogen-bond acceptors (Lipinski definition) is 5. The SMILES string of the molecule is Cc1cccc(-c2nc(C(=O)OCC(=O)c3ccc(Br)cc3)nn2-c2cc(Cl)ccc2C)c1. The molecular weight excluding hydrogens is 506 g/mol. The van der Waals surface area contributed by atoms with Crippen LogP contribution in [0.4, 0.5) is 0 Å². The topological polar surface area (TPSA) is 74.1 Å². The minimum atomic E-state index is -0.784. The van der Waals surface area contributed by atoms with Crippen LogP contribution in [0.25, 0.3) is 17.1 Å². The van der Waals surface area contributed by atoms with Crippen molar-refractivity contribution in [3.63, 3.8) is 0 Å². The highest BCUT2D eigenvalue weighted by atomic mass is 79.9. The molecule has 8 heteroatoms. The first-order chi connectivity index (χ1) is 15.8. The Balaban J connectivity index is 1.66. The van der Waals surface area contributed by atoms with Crippen molar-refractivity contribution >= 4 is 39.3 Å². The van der Waals surface area contributed by atoms with Gasteiger partial charge in [-0.25, -0.2) is 14.5 Å². The van der Waals surface area contributed by atoms with Gasteiger partial charge in [0.2, 0.25) is 0 Å². The number of aryl methyl sites for hydroxylation is 2. The molecule has 0 saturated carbocycles. The van der Waals surface area contributed by atoms with Crippen molar-refractivity contribution in [3.05, 3.63) is 98.7 Å². The Labute approximate surface area is 204 Å². The van der Waals surface area contributed by atoms with Gasteiger partial charge in [-0.15, -0.1) is 5.10 Å². The number of hydrogen-bond donors (Lipinski definition) is 0. The van der Waals surface area contributed by atoms with Crippen molar-refractivity contribution in [1.29, 1.82) is 0 Å². The molecule has 6 nitrogen and oxygen atoms in total. The van der Waals surface area contributed by atoms with Crippen molar-refractivity contribution in [2.45, 2.75) is 13.8 Å². The molecule has 0 amide bonds. The predicted octanol–water partition coefficient (Wildman–Crippen LogP) is 6.01. The second-order valence-electron chi connectivity index (χ2n) is 7.48. The molecule has 3 aromatic carbocycles. The molecule has 166 valence electrons. The van der Waals surface area contributed by atoms with E-state index in [1.54, 1.807) is 41.1 Å². The molecule has 0 N–H and O–H groups in total. The van der Waals surface area contributed by atoms with Gasteiger partial charge in [0.25, 0.3) is 5.82 Å². The summed E-state index contributed by atoms with van der Waals surface area (Å²) in [4.78, 5) is 29.6. The van der Waals surface area contributed by atoms with Crippen molar-refractivity contribution < 1.29 is 14.3 Å². The standard InChI is InChI=1S/C25H19BrClN3O3/c1-15-4-3-5-18(12-15)24-28-23(29-30(24)21-13-20(27)11-6-16(21)2)25(32)33-14-22(31)17-7-9-19(26)10-8-17/h3-13H,14H2,1-2H3.